The van der Waals surface area contributed by atoms with Crippen LogP contribution in [0.1, 0.15) is 18.1 Å². The average molecular weight is 407 g/mol. The maximum Gasteiger partial charge on any atom is 0.355 e. The number of carbonyl (C=O) groups is 3. The van der Waals surface area contributed by atoms with Gasteiger partial charge in [-0.05, 0) is 44.0 Å². The van der Waals surface area contributed by atoms with Crippen LogP contribution in [0.15, 0.2) is 23.4 Å². The molecule has 0 N–H and O–H groups in total. The summed E-state index contributed by atoms with van der Waals surface area (Å²) in [4.78, 5) is 37.6. The van der Waals surface area contributed by atoms with Crippen LogP contribution in [0.3, 0.4) is 0 Å². The minimum atomic E-state index is -0.674. The zero-order valence-electron chi connectivity index (χ0n) is 17.2. The van der Waals surface area contributed by atoms with Crippen LogP contribution in [-0.4, -0.2) is 58.7 Å². The summed E-state index contributed by atoms with van der Waals surface area (Å²) in [5.74, 6) is -1.26. The summed E-state index contributed by atoms with van der Waals surface area (Å²) in [5.41, 5.74) is 2.20. The highest BCUT2D eigenvalue weighted by Crippen LogP contribution is 2.33. The lowest BCUT2D eigenvalue weighted by atomic mass is 10.1. The molecule has 0 aliphatic carbocycles. The van der Waals surface area contributed by atoms with Crippen LogP contribution in [0, 0.1) is 13.8 Å². The highest BCUT2D eigenvalue weighted by atomic mass is 16.6. The molecule has 1 aromatic rings. The Balaban J connectivity index is 2.40. The minimum Gasteiger partial charge on any atom is -0.481 e. The molecule has 2 rings (SSSR count). The summed E-state index contributed by atoms with van der Waals surface area (Å²) in [6, 6.07) is 3.53. The fourth-order valence-electron chi connectivity index (χ4n) is 2.99. The molecule has 1 aliphatic heterocycles. The third-order valence-corrected chi connectivity index (χ3v) is 4.23. The largest absolute Gasteiger partial charge is 0.481 e. The molecule has 1 aliphatic rings. The lowest BCUT2D eigenvalue weighted by Gasteiger charge is -2.32. The number of esters is 3. The smallest absolute Gasteiger partial charge is 0.355 e. The molecule has 0 saturated carbocycles. The number of methoxy groups -OCH3 is 2. The van der Waals surface area contributed by atoms with Gasteiger partial charge in [-0.15, -0.1) is 0 Å². The number of hydrogen-bond donors (Lipinski definition) is 0. The monoisotopic (exact) mass is 407 g/mol. The molecular formula is C20H25NO8. The SMILES string of the molecule is CCOC(=O)COc1c(C)cc(N2COCC(C(=O)OC)=C2C(=O)OC)cc1C. The maximum atomic E-state index is 12.4. The zero-order chi connectivity index (χ0) is 21.6. The molecule has 0 radical (unpaired) electrons. The number of rotatable bonds is 7. The topological polar surface area (TPSA) is 101 Å². The minimum absolute atomic E-state index is 0.0484. The van der Waals surface area contributed by atoms with Crippen molar-refractivity contribution in [1.29, 1.82) is 0 Å². The fraction of sp³-hybridized carbons (Fsp3) is 0.450. The van der Waals surface area contributed by atoms with Crippen molar-refractivity contribution in [3.05, 3.63) is 34.5 Å². The van der Waals surface area contributed by atoms with Gasteiger partial charge in [0.15, 0.2) is 6.61 Å². The van der Waals surface area contributed by atoms with Crippen molar-refractivity contribution in [2.45, 2.75) is 20.8 Å². The van der Waals surface area contributed by atoms with E-state index in [1.807, 2.05) is 13.8 Å². The number of anilines is 1. The van der Waals surface area contributed by atoms with Crippen LogP contribution >= 0.6 is 0 Å². The molecule has 29 heavy (non-hydrogen) atoms. The summed E-state index contributed by atoms with van der Waals surface area (Å²) < 4.78 is 25.6. The van der Waals surface area contributed by atoms with E-state index in [2.05, 4.69) is 0 Å². The van der Waals surface area contributed by atoms with Crippen molar-refractivity contribution >= 4 is 23.6 Å². The quantitative estimate of drug-likeness (QED) is 0.493. The maximum absolute atomic E-state index is 12.4. The van der Waals surface area contributed by atoms with Crippen LogP contribution in [0.4, 0.5) is 5.69 Å². The number of benzene rings is 1. The lowest BCUT2D eigenvalue weighted by molar-refractivity contribution is -0.145. The van der Waals surface area contributed by atoms with E-state index >= 15 is 0 Å². The molecule has 0 fully saturated rings. The molecule has 158 valence electrons. The normalized spacial score (nSPS) is 13.8. The third-order valence-electron chi connectivity index (χ3n) is 4.23. The van der Waals surface area contributed by atoms with Crippen LogP contribution in [0.25, 0.3) is 0 Å². The summed E-state index contributed by atoms with van der Waals surface area (Å²) >= 11 is 0. The van der Waals surface area contributed by atoms with Crippen LogP contribution in [-0.2, 0) is 33.3 Å². The molecule has 9 heteroatoms. The first-order valence-electron chi connectivity index (χ1n) is 8.98. The van der Waals surface area contributed by atoms with Gasteiger partial charge in [-0.3, -0.25) is 0 Å². The zero-order valence-corrected chi connectivity index (χ0v) is 17.2. The van der Waals surface area contributed by atoms with E-state index in [1.165, 1.54) is 19.1 Å². The Morgan fingerprint density at radius 2 is 1.69 bits per heavy atom. The van der Waals surface area contributed by atoms with Gasteiger partial charge in [0.25, 0.3) is 0 Å². The molecule has 0 spiro atoms. The molecule has 1 heterocycles. The van der Waals surface area contributed by atoms with Crippen LogP contribution in [0.2, 0.25) is 0 Å². The second-order valence-electron chi connectivity index (χ2n) is 6.22. The summed E-state index contributed by atoms with van der Waals surface area (Å²) in [5, 5.41) is 0. The van der Waals surface area contributed by atoms with Gasteiger partial charge in [-0.1, -0.05) is 0 Å². The van der Waals surface area contributed by atoms with Gasteiger partial charge in [-0.2, -0.15) is 0 Å². The first kappa shape index (κ1) is 22.2. The molecular weight excluding hydrogens is 382 g/mol. The lowest BCUT2D eigenvalue weighted by Crippen LogP contribution is -2.38. The van der Waals surface area contributed by atoms with Crippen molar-refractivity contribution < 1.29 is 38.1 Å². The number of carbonyl (C=O) groups excluding carboxylic acids is 3. The van der Waals surface area contributed by atoms with E-state index in [1.54, 1.807) is 19.1 Å². The number of ether oxygens (including phenoxy) is 5. The molecule has 0 aromatic heterocycles. The average Bonchev–Trinajstić information content (AvgIpc) is 2.71. The fourth-order valence-corrected chi connectivity index (χ4v) is 2.99. The van der Waals surface area contributed by atoms with E-state index in [0.29, 0.717) is 11.4 Å². The van der Waals surface area contributed by atoms with Crippen LogP contribution in [0.5, 0.6) is 5.75 Å². The van der Waals surface area contributed by atoms with Gasteiger partial charge in [0.1, 0.15) is 18.2 Å². The second-order valence-corrected chi connectivity index (χ2v) is 6.22. The van der Waals surface area contributed by atoms with Gasteiger partial charge < -0.3 is 28.6 Å². The predicted molar refractivity (Wildman–Crippen MR) is 102 cm³/mol. The van der Waals surface area contributed by atoms with Crippen molar-refractivity contribution in [3.63, 3.8) is 0 Å². The van der Waals surface area contributed by atoms with E-state index in [9.17, 15) is 14.4 Å². The summed E-state index contributed by atoms with van der Waals surface area (Å²) in [6.45, 7) is 5.40. The molecule has 1 aromatic carbocycles. The van der Waals surface area contributed by atoms with Gasteiger partial charge in [0.2, 0.25) is 0 Å². The molecule has 9 nitrogen and oxygen atoms in total. The van der Waals surface area contributed by atoms with E-state index < -0.39 is 17.9 Å². The van der Waals surface area contributed by atoms with E-state index in [-0.39, 0.29) is 37.8 Å². The van der Waals surface area contributed by atoms with Crippen molar-refractivity contribution in [3.8, 4) is 5.75 Å². The standard InChI is InChI=1S/C20H25NO8/c1-6-28-16(22)10-29-18-12(2)7-14(8-13(18)3)21-11-27-9-15(19(23)25-4)17(21)20(24)26-5/h7-8H,6,9-11H2,1-5H3. The molecule has 0 saturated heterocycles. The Kier molecular flexibility index (Phi) is 7.60. The molecule has 0 amide bonds. The van der Waals surface area contributed by atoms with Gasteiger partial charge in [0.05, 0.1) is 33.0 Å². The Labute approximate surface area is 169 Å². The number of aryl methyl sites for hydroxylation is 2. The Bertz CT molecular complexity index is 807. The molecule has 0 unspecified atom stereocenters. The first-order chi connectivity index (χ1) is 13.8. The highest BCUT2D eigenvalue weighted by Gasteiger charge is 2.32. The van der Waals surface area contributed by atoms with Crippen molar-refractivity contribution in [1.82, 2.24) is 0 Å². The highest BCUT2D eigenvalue weighted by molar-refractivity contribution is 6.03. The molecule has 0 bridgehead atoms. The second kappa shape index (κ2) is 9.92. The van der Waals surface area contributed by atoms with Crippen molar-refractivity contribution in [2.75, 3.05) is 45.7 Å². The van der Waals surface area contributed by atoms with Crippen LogP contribution < -0.4 is 9.64 Å². The Hall–Kier alpha value is -3.07. The molecule has 0 atom stereocenters. The number of hydrogen-bond acceptors (Lipinski definition) is 9. The predicted octanol–water partition coefficient (Wildman–Crippen LogP) is 1.64. The Morgan fingerprint density at radius 1 is 1.07 bits per heavy atom. The number of nitrogens with zero attached hydrogens (tertiary/aromatic N) is 1. The van der Waals surface area contributed by atoms with E-state index in [0.717, 1.165) is 11.1 Å². The third kappa shape index (κ3) is 5.05. The summed E-state index contributed by atoms with van der Waals surface area (Å²) in [7, 11) is 2.47. The van der Waals surface area contributed by atoms with Gasteiger partial charge >= 0.3 is 17.9 Å². The Morgan fingerprint density at radius 3 is 2.24 bits per heavy atom. The first-order valence-corrected chi connectivity index (χ1v) is 8.98. The van der Waals surface area contributed by atoms with E-state index in [4.69, 9.17) is 23.7 Å². The van der Waals surface area contributed by atoms with Gasteiger partial charge in [0, 0.05) is 5.69 Å². The van der Waals surface area contributed by atoms with Gasteiger partial charge in [-0.25, -0.2) is 14.4 Å². The van der Waals surface area contributed by atoms with Crippen molar-refractivity contribution in [2.24, 2.45) is 0 Å². The summed E-state index contributed by atoms with van der Waals surface area (Å²) in [6.07, 6.45) is 0.